The molecule has 122 valence electrons. The molecule has 0 aromatic heterocycles. The van der Waals surface area contributed by atoms with Crippen molar-refractivity contribution < 1.29 is 27.9 Å². The van der Waals surface area contributed by atoms with Crippen LogP contribution in [0.25, 0.3) is 0 Å². The largest absolute Gasteiger partial charge is 0.481 e. The van der Waals surface area contributed by atoms with Gasteiger partial charge in [-0.1, -0.05) is 0 Å². The molecule has 9 heteroatoms. The third-order valence-corrected chi connectivity index (χ3v) is 4.28. The Labute approximate surface area is 125 Å². The highest BCUT2D eigenvalue weighted by molar-refractivity contribution is 7.98. The number of nitrogens with one attached hydrogen (secondary N) is 1. The van der Waals surface area contributed by atoms with Gasteiger partial charge in [-0.3, -0.25) is 4.79 Å². The van der Waals surface area contributed by atoms with Crippen LogP contribution < -0.4 is 5.32 Å². The lowest BCUT2D eigenvalue weighted by atomic mass is 9.86. The Morgan fingerprint density at radius 1 is 1.48 bits per heavy atom. The second kappa shape index (κ2) is 6.76. The second-order valence-electron chi connectivity index (χ2n) is 5.19. The molecule has 0 aromatic carbocycles. The van der Waals surface area contributed by atoms with Crippen LogP contribution in [0.1, 0.15) is 19.8 Å². The van der Waals surface area contributed by atoms with E-state index in [4.69, 9.17) is 5.11 Å². The van der Waals surface area contributed by atoms with Gasteiger partial charge in [-0.25, -0.2) is 4.79 Å². The molecular weight excluding hydrogens is 309 g/mol. The topological polar surface area (TPSA) is 69.6 Å². The number of carboxylic acids is 1. The second-order valence-corrected chi connectivity index (χ2v) is 6.17. The Kier molecular flexibility index (Phi) is 5.77. The van der Waals surface area contributed by atoms with Gasteiger partial charge in [0.2, 0.25) is 0 Å². The molecule has 0 aromatic rings. The van der Waals surface area contributed by atoms with Gasteiger partial charge in [-0.05, 0) is 31.8 Å². The lowest BCUT2D eigenvalue weighted by Gasteiger charge is -2.27. The van der Waals surface area contributed by atoms with Crippen LogP contribution in [-0.4, -0.2) is 59.3 Å². The van der Waals surface area contributed by atoms with Crippen molar-refractivity contribution >= 4 is 23.8 Å². The summed E-state index contributed by atoms with van der Waals surface area (Å²) in [7, 11) is 0. The number of likely N-dealkylation sites (tertiary alicyclic amines) is 1. The zero-order valence-electron chi connectivity index (χ0n) is 11.9. The number of halogens is 3. The number of thioether (sulfide) groups is 1. The number of alkyl halides is 3. The van der Waals surface area contributed by atoms with Crippen LogP contribution in [0.3, 0.4) is 0 Å². The van der Waals surface area contributed by atoms with Crippen molar-refractivity contribution in [2.45, 2.75) is 32.0 Å². The molecule has 0 aliphatic carbocycles. The van der Waals surface area contributed by atoms with Gasteiger partial charge in [0.25, 0.3) is 0 Å². The highest BCUT2D eigenvalue weighted by Gasteiger charge is 2.64. The van der Waals surface area contributed by atoms with E-state index in [1.807, 2.05) is 6.26 Å². The van der Waals surface area contributed by atoms with Gasteiger partial charge >= 0.3 is 18.2 Å². The molecule has 2 atom stereocenters. The summed E-state index contributed by atoms with van der Waals surface area (Å²) in [6.07, 6.45) is -2.87. The molecule has 1 fully saturated rings. The minimum atomic E-state index is -4.88. The van der Waals surface area contributed by atoms with E-state index in [1.165, 1.54) is 0 Å². The summed E-state index contributed by atoms with van der Waals surface area (Å²) in [4.78, 5) is 23.9. The highest BCUT2D eigenvalue weighted by Crippen LogP contribution is 2.45. The van der Waals surface area contributed by atoms with Gasteiger partial charge in [0.1, 0.15) is 0 Å². The van der Waals surface area contributed by atoms with Crippen molar-refractivity contribution in [3.8, 4) is 0 Å². The van der Waals surface area contributed by atoms with E-state index in [2.05, 4.69) is 5.32 Å². The van der Waals surface area contributed by atoms with E-state index in [0.717, 1.165) is 10.7 Å². The third-order valence-electron chi connectivity index (χ3n) is 3.63. The standard InChI is InChI=1S/C12H19F3N2O3S/c1-8(3-6-21-2)16-10(20)17-5-4-11(7-17,9(18)19)12(13,14)15/h8H,3-7H2,1-2H3,(H,16,20)(H,18,19). The molecule has 1 aliphatic heterocycles. The van der Waals surface area contributed by atoms with Crippen LogP contribution in [0.5, 0.6) is 0 Å². The molecule has 2 amide bonds. The zero-order valence-corrected chi connectivity index (χ0v) is 12.7. The predicted octanol–water partition coefficient (Wildman–Crippen LogP) is 2.18. The number of hydrogen-bond donors (Lipinski definition) is 2. The van der Waals surface area contributed by atoms with E-state index in [9.17, 15) is 22.8 Å². The fourth-order valence-corrected chi connectivity index (χ4v) is 2.77. The molecule has 0 saturated carbocycles. The number of hydrogen-bond acceptors (Lipinski definition) is 3. The van der Waals surface area contributed by atoms with Crippen molar-refractivity contribution in [2.24, 2.45) is 5.41 Å². The van der Waals surface area contributed by atoms with Crippen LogP contribution in [0, 0.1) is 5.41 Å². The highest BCUT2D eigenvalue weighted by atomic mass is 32.2. The number of carboxylic acid groups (broad SMARTS) is 1. The van der Waals surface area contributed by atoms with Crippen LogP contribution in [-0.2, 0) is 4.79 Å². The van der Waals surface area contributed by atoms with Crippen LogP contribution in [0.15, 0.2) is 0 Å². The maximum Gasteiger partial charge on any atom is 0.406 e. The first kappa shape index (κ1) is 17.9. The summed E-state index contributed by atoms with van der Waals surface area (Å²) in [6.45, 7) is 0.707. The number of nitrogens with zero attached hydrogens (tertiary/aromatic N) is 1. The summed E-state index contributed by atoms with van der Waals surface area (Å²) in [5, 5.41) is 11.5. The monoisotopic (exact) mass is 328 g/mol. The van der Waals surface area contributed by atoms with E-state index in [1.54, 1.807) is 18.7 Å². The summed E-state index contributed by atoms with van der Waals surface area (Å²) >= 11 is 1.60. The SMILES string of the molecule is CSCCC(C)NC(=O)N1CCC(C(=O)O)(C(F)(F)F)C1. The van der Waals surface area contributed by atoms with Gasteiger partial charge < -0.3 is 15.3 Å². The Morgan fingerprint density at radius 3 is 2.52 bits per heavy atom. The average Bonchev–Trinajstić information content (AvgIpc) is 2.82. The van der Waals surface area contributed by atoms with Crippen molar-refractivity contribution in [2.75, 3.05) is 25.1 Å². The summed E-state index contributed by atoms with van der Waals surface area (Å²) in [6, 6.07) is -0.813. The number of urea groups is 1. The number of amides is 2. The Morgan fingerprint density at radius 2 is 2.10 bits per heavy atom. The van der Waals surface area contributed by atoms with E-state index >= 15 is 0 Å². The molecule has 0 radical (unpaired) electrons. The minimum Gasteiger partial charge on any atom is -0.481 e. The first-order valence-electron chi connectivity index (χ1n) is 6.48. The first-order chi connectivity index (χ1) is 9.64. The third kappa shape index (κ3) is 3.96. The average molecular weight is 328 g/mol. The Bertz CT molecular complexity index is 406. The van der Waals surface area contributed by atoms with Crippen molar-refractivity contribution in [3.63, 3.8) is 0 Å². The minimum absolute atomic E-state index is 0.171. The van der Waals surface area contributed by atoms with Gasteiger partial charge in [0.15, 0.2) is 5.41 Å². The summed E-state index contributed by atoms with van der Waals surface area (Å²) < 4.78 is 39.0. The van der Waals surface area contributed by atoms with Gasteiger partial charge in [-0.15, -0.1) is 0 Å². The number of carbonyl (C=O) groups excluding carboxylic acids is 1. The summed E-state index contributed by atoms with van der Waals surface area (Å²) in [5.74, 6) is -1.11. The molecular formula is C12H19F3N2O3S. The fourth-order valence-electron chi connectivity index (χ4n) is 2.18. The zero-order chi connectivity index (χ0) is 16.3. The maximum absolute atomic E-state index is 13.0. The molecule has 0 spiro atoms. The number of carbonyl (C=O) groups is 2. The molecule has 1 aliphatic rings. The molecule has 2 unspecified atom stereocenters. The smallest absolute Gasteiger partial charge is 0.406 e. The summed E-state index contributed by atoms with van der Waals surface area (Å²) in [5.41, 5.74) is -2.85. The van der Waals surface area contributed by atoms with Crippen LogP contribution >= 0.6 is 11.8 Å². The number of rotatable bonds is 5. The van der Waals surface area contributed by atoms with Crippen molar-refractivity contribution in [3.05, 3.63) is 0 Å². The molecule has 2 N–H and O–H groups in total. The Balaban J connectivity index is 2.68. The van der Waals surface area contributed by atoms with Crippen molar-refractivity contribution in [1.29, 1.82) is 0 Å². The maximum atomic E-state index is 13.0. The lowest BCUT2D eigenvalue weighted by molar-refractivity contribution is -0.226. The van der Waals surface area contributed by atoms with E-state index in [0.29, 0.717) is 6.42 Å². The lowest BCUT2D eigenvalue weighted by Crippen LogP contribution is -2.49. The van der Waals surface area contributed by atoms with Crippen LogP contribution in [0.4, 0.5) is 18.0 Å². The number of aliphatic carboxylic acids is 1. The fraction of sp³-hybridized carbons (Fsp3) is 0.833. The molecule has 5 nitrogen and oxygen atoms in total. The molecule has 1 heterocycles. The molecule has 1 rings (SSSR count). The van der Waals surface area contributed by atoms with Crippen molar-refractivity contribution in [1.82, 2.24) is 10.2 Å². The first-order valence-corrected chi connectivity index (χ1v) is 7.88. The molecule has 1 saturated heterocycles. The normalized spacial score (nSPS) is 24.0. The van der Waals surface area contributed by atoms with Crippen LogP contribution in [0.2, 0.25) is 0 Å². The molecule has 0 bridgehead atoms. The molecule has 21 heavy (non-hydrogen) atoms. The van der Waals surface area contributed by atoms with Gasteiger partial charge in [0, 0.05) is 19.1 Å². The van der Waals surface area contributed by atoms with E-state index in [-0.39, 0.29) is 12.6 Å². The van der Waals surface area contributed by atoms with E-state index < -0.39 is 36.6 Å². The van der Waals surface area contributed by atoms with Gasteiger partial charge in [-0.2, -0.15) is 24.9 Å². The van der Waals surface area contributed by atoms with Gasteiger partial charge in [0.05, 0.1) is 0 Å². The quantitative estimate of drug-likeness (QED) is 0.811. The Hall–Kier alpha value is -1.12. The predicted molar refractivity (Wildman–Crippen MR) is 73.3 cm³/mol.